The molecule has 160 valence electrons. The number of rotatable bonds is 6. The molecule has 4 rings (SSSR count). The molecule has 1 amide bonds. The fraction of sp³-hybridized carbons (Fsp3) is 0.120. The second-order valence-corrected chi connectivity index (χ2v) is 7.25. The molecular weight excluding hydrogens is 406 g/mol. The maximum Gasteiger partial charge on any atom is 0.282 e. The SMILES string of the molecule is CCOc1ccc(N2C(=O)/C(=C\c3ccc([N+](=O)[O-])cc3)N=C2c2cccc(C)c2)cc1. The summed E-state index contributed by atoms with van der Waals surface area (Å²) in [5.41, 5.74) is 3.44. The maximum atomic E-state index is 13.4. The highest BCUT2D eigenvalue weighted by atomic mass is 16.6. The van der Waals surface area contributed by atoms with Crippen molar-refractivity contribution in [2.75, 3.05) is 11.5 Å². The van der Waals surface area contributed by atoms with E-state index in [-0.39, 0.29) is 17.3 Å². The average molecular weight is 427 g/mol. The maximum absolute atomic E-state index is 13.4. The Balaban J connectivity index is 1.76. The number of non-ortho nitro benzene ring substituents is 1. The van der Waals surface area contributed by atoms with Crippen LogP contribution >= 0.6 is 0 Å². The predicted molar refractivity (Wildman–Crippen MR) is 124 cm³/mol. The molecule has 3 aromatic rings. The molecule has 0 aliphatic carbocycles. The lowest BCUT2D eigenvalue weighted by Gasteiger charge is -2.19. The molecule has 32 heavy (non-hydrogen) atoms. The van der Waals surface area contributed by atoms with Gasteiger partial charge < -0.3 is 4.74 Å². The van der Waals surface area contributed by atoms with E-state index in [4.69, 9.17) is 4.74 Å². The molecule has 0 fully saturated rings. The van der Waals surface area contributed by atoms with Crippen molar-refractivity contribution >= 4 is 29.2 Å². The summed E-state index contributed by atoms with van der Waals surface area (Å²) in [5, 5.41) is 10.9. The number of carbonyl (C=O) groups excluding carboxylic acids is 1. The summed E-state index contributed by atoms with van der Waals surface area (Å²) in [7, 11) is 0. The summed E-state index contributed by atoms with van der Waals surface area (Å²) in [4.78, 5) is 30.0. The van der Waals surface area contributed by atoms with Gasteiger partial charge in [0.25, 0.3) is 11.6 Å². The number of nitro benzene ring substituents is 1. The van der Waals surface area contributed by atoms with Crippen molar-refractivity contribution in [2.24, 2.45) is 4.99 Å². The number of amides is 1. The van der Waals surface area contributed by atoms with E-state index in [1.807, 2.05) is 62.4 Å². The summed E-state index contributed by atoms with van der Waals surface area (Å²) >= 11 is 0. The monoisotopic (exact) mass is 427 g/mol. The lowest BCUT2D eigenvalue weighted by molar-refractivity contribution is -0.384. The fourth-order valence-electron chi connectivity index (χ4n) is 3.44. The van der Waals surface area contributed by atoms with Crippen molar-refractivity contribution in [3.05, 3.63) is 105 Å². The Morgan fingerprint density at radius 1 is 1.06 bits per heavy atom. The van der Waals surface area contributed by atoms with E-state index in [0.717, 1.165) is 16.9 Å². The van der Waals surface area contributed by atoms with Crippen LogP contribution in [-0.4, -0.2) is 23.3 Å². The third-order valence-corrected chi connectivity index (χ3v) is 4.95. The van der Waals surface area contributed by atoms with Gasteiger partial charge in [-0.05, 0) is 68.0 Å². The van der Waals surface area contributed by atoms with E-state index in [1.54, 1.807) is 23.1 Å². The van der Waals surface area contributed by atoms with Gasteiger partial charge in [0, 0.05) is 17.7 Å². The molecule has 0 unspecified atom stereocenters. The van der Waals surface area contributed by atoms with Crippen LogP contribution in [0.2, 0.25) is 0 Å². The van der Waals surface area contributed by atoms with E-state index in [2.05, 4.69) is 4.99 Å². The third-order valence-electron chi connectivity index (χ3n) is 4.95. The number of aryl methyl sites for hydroxylation is 1. The summed E-state index contributed by atoms with van der Waals surface area (Å²) in [5.74, 6) is 0.971. The molecule has 7 nitrogen and oxygen atoms in total. The van der Waals surface area contributed by atoms with Gasteiger partial charge in [-0.15, -0.1) is 0 Å². The van der Waals surface area contributed by atoms with Crippen LogP contribution in [0.25, 0.3) is 6.08 Å². The van der Waals surface area contributed by atoms with Crippen molar-refractivity contribution in [3.63, 3.8) is 0 Å². The topological polar surface area (TPSA) is 85.0 Å². The second kappa shape index (κ2) is 8.85. The van der Waals surface area contributed by atoms with Crippen molar-refractivity contribution in [2.45, 2.75) is 13.8 Å². The number of anilines is 1. The highest BCUT2D eigenvalue weighted by molar-refractivity contribution is 6.33. The zero-order chi connectivity index (χ0) is 22.7. The van der Waals surface area contributed by atoms with E-state index in [9.17, 15) is 14.9 Å². The van der Waals surface area contributed by atoms with Crippen LogP contribution in [0.3, 0.4) is 0 Å². The van der Waals surface area contributed by atoms with Gasteiger partial charge in [0.15, 0.2) is 0 Å². The fourth-order valence-corrected chi connectivity index (χ4v) is 3.44. The van der Waals surface area contributed by atoms with Crippen molar-refractivity contribution < 1.29 is 14.5 Å². The molecule has 0 atom stereocenters. The number of nitro groups is 1. The van der Waals surface area contributed by atoms with Gasteiger partial charge in [0.05, 0.1) is 17.2 Å². The highest BCUT2D eigenvalue weighted by Gasteiger charge is 2.32. The Kier molecular flexibility index (Phi) is 5.81. The Morgan fingerprint density at radius 2 is 1.78 bits per heavy atom. The molecule has 0 saturated heterocycles. The van der Waals surface area contributed by atoms with Crippen molar-refractivity contribution in [3.8, 4) is 5.75 Å². The second-order valence-electron chi connectivity index (χ2n) is 7.25. The average Bonchev–Trinajstić information content (AvgIpc) is 3.11. The largest absolute Gasteiger partial charge is 0.494 e. The molecule has 0 radical (unpaired) electrons. The van der Waals surface area contributed by atoms with Gasteiger partial charge in [0.2, 0.25) is 0 Å². The number of hydrogen-bond acceptors (Lipinski definition) is 5. The van der Waals surface area contributed by atoms with Crippen LogP contribution in [0.1, 0.15) is 23.6 Å². The lowest BCUT2D eigenvalue weighted by atomic mass is 10.1. The van der Waals surface area contributed by atoms with Crippen LogP contribution in [0.4, 0.5) is 11.4 Å². The van der Waals surface area contributed by atoms with Gasteiger partial charge in [-0.3, -0.25) is 19.8 Å². The Morgan fingerprint density at radius 3 is 2.41 bits per heavy atom. The van der Waals surface area contributed by atoms with Crippen LogP contribution in [0, 0.1) is 17.0 Å². The highest BCUT2D eigenvalue weighted by Crippen LogP contribution is 2.29. The lowest BCUT2D eigenvalue weighted by Crippen LogP contribution is -2.32. The van der Waals surface area contributed by atoms with E-state index in [1.165, 1.54) is 12.1 Å². The molecule has 0 N–H and O–H groups in total. The molecule has 1 aliphatic heterocycles. The molecule has 0 saturated carbocycles. The van der Waals surface area contributed by atoms with Gasteiger partial charge in [-0.2, -0.15) is 0 Å². The van der Waals surface area contributed by atoms with Gasteiger partial charge in [-0.25, -0.2) is 4.99 Å². The zero-order valence-electron chi connectivity index (χ0n) is 17.7. The molecule has 0 aromatic heterocycles. The minimum atomic E-state index is -0.459. The minimum Gasteiger partial charge on any atom is -0.494 e. The molecule has 0 bridgehead atoms. The van der Waals surface area contributed by atoms with E-state index >= 15 is 0 Å². The first-order chi connectivity index (χ1) is 15.5. The number of amidine groups is 1. The zero-order valence-corrected chi connectivity index (χ0v) is 17.7. The number of carbonyl (C=O) groups is 1. The molecule has 1 heterocycles. The summed E-state index contributed by atoms with van der Waals surface area (Å²) < 4.78 is 5.51. The molecule has 7 heteroatoms. The third kappa shape index (κ3) is 4.27. The van der Waals surface area contributed by atoms with Gasteiger partial charge >= 0.3 is 0 Å². The Bertz CT molecular complexity index is 1230. The first kappa shape index (κ1) is 21.0. The first-order valence-corrected chi connectivity index (χ1v) is 10.2. The van der Waals surface area contributed by atoms with Gasteiger partial charge in [-0.1, -0.05) is 23.8 Å². The molecule has 3 aromatic carbocycles. The quantitative estimate of drug-likeness (QED) is 0.310. The molecule has 0 spiro atoms. The number of benzene rings is 3. The Hall–Kier alpha value is -4.26. The van der Waals surface area contributed by atoms with E-state index < -0.39 is 4.92 Å². The Labute approximate surface area is 185 Å². The summed E-state index contributed by atoms with van der Waals surface area (Å²) in [6.07, 6.45) is 1.64. The van der Waals surface area contributed by atoms with Crippen LogP contribution in [0.5, 0.6) is 5.75 Å². The smallest absolute Gasteiger partial charge is 0.282 e. The van der Waals surface area contributed by atoms with E-state index in [0.29, 0.717) is 23.7 Å². The summed E-state index contributed by atoms with van der Waals surface area (Å²) in [6, 6.07) is 21.1. The normalized spacial score (nSPS) is 14.6. The number of aliphatic imine (C=N–C) groups is 1. The number of ether oxygens (including phenoxy) is 1. The number of nitrogens with zero attached hydrogens (tertiary/aromatic N) is 3. The molecular formula is C25H21N3O4. The van der Waals surface area contributed by atoms with Gasteiger partial charge in [0.1, 0.15) is 17.3 Å². The minimum absolute atomic E-state index is 0.00939. The first-order valence-electron chi connectivity index (χ1n) is 10.2. The van der Waals surface area contributed by atoms with Crippen molar-refractivity contribution in [1.82, 2.24) is 0 Å². The van der Waals surface area contributed by atoms with Crippen LogP contribution in [-0.2, 0) is 4.79 Å². The number of hydrogen-bond donors (Lipinski definition) is 0. The molecule has 1 aliphatic rings. The standard InChI is InChI=1S/C25H21N3O4/c1-3-32-22-13-11-20(12-14-22)27-24(19-6-4-5-17(2)15-19)26-23(25(27)29)16-18-7-9-21(10-8-18)28(30)31/h4-16H,3H2,1-2H3/b23-16+. The summed E-state index contributed by atoms with van der Waals surface area (Å²) in [6.45, 7) is 4.45. The van der Waals surface area contributed by atoms with Crippen LogP contribution in [0.15, 0.2) is 83.5 Å². The van der Waals surface area contributed by atoms with Crippen LogP contribution < -0.4 is 9.64 Å². The van der Waals surface area contributed by atoms with Crippen molar-refractivity contribution in [1.29, 1.82) is 0 Å². The predicted octanol–water partition coefficient (Wildman–Crippen LogP) is 5.14.